The molecule has 0 spiro atoms. The molecular formula is C20H29N5O2. The highest BCUT2D eigenvalue weighted by atomic mass is 16.3. The number of likely N-dealkylation sites (tertiary alicyclic amines) is 1. The summed E-state index contributed by atoms with van der Waals surface area (Å²) >= 11 is 0. The van der Waals surface area contributed by atoms with Crippen LogP contribution in [-0.4, -0.2) is 57.1 Å². The lowest BCUT2D eigenvalue weighted by Crippen LogP contribution is -2.36. The molecule has 1 aromatic heterocycles. The second-order valence-electron chi connectivity index (χ2n) is 7.38. The van der Waals surface area contributed by atoms with Gasteiger partial charge in [0.25, 0.3) is 5.91 Å². The number of nitrogens with one attached hydrogen (secondary N) is 1. The van der Waals surface area contributed by atoms with Crippen molar-refractivity contribution < 1.29 is 9.90 Å². The van der Waals surface area contributed by atoms with Gasteiger partial charge in [0.2, 0.25) is 0 Å². The van der Waals surface area contributed by atoms with E-state index in [1.54, 1.807) is 6.20 Å². The van der Waals surface area contributed by atoms with Crippen LogP contribution in [0.2, 0.25) is 0 Å². The quantitative estimate of drug-likeness (QED) is 0.726. The second kappa shape index (κ2) is 9.10. The number of piperidine rings is 1. The fourth-order valence-corrected chi connectivity index (χ4v) is 3.53. The first-order valence-corrected chi connectivity index (χ1v) is 9.66. The summed E-state index contributed by atoms with van der Waals surface area (Å²) in [6.45, 7) is 7.71. The number of carbonyl (C=O) groups excluding carboxylic acids is 1. The van der Waals surface area contributed by atoms with Crippen molar-refractivity contribution in [3.8, 4) is 0 Å². The van der Waals surface area contributed by atoms with Crippen molar-refractivity contribution in [2.24, 2.45) is 0 Å². The molecule has 7 nitrogen and oxygen atoms in total. The smallest absolute Gasteiger partial charge is 0.273 e. The molecule has 2 heterocycles. The summed E-state index contributed by atoms with van der Waals surface area (Å²) in [7, 11) is 0. The van der Waals surface area contributed by atoms with Gasteiger partial charge in [0, 0.05) is 26.2 Å². The first-order valence-electron chi connectivity index (χ1n) is 9.66. The molecule has 2 aromatic rings. The van der Waals surface area contributed by atoms with Crippen molar-refractivity contribution in [3.05, 3.63) is 46.8 Å². The lowest BCUT2D eigenvalue weighted by Gasteiger charge is -2.33. The van der Waals surface area contributed by atoms with Gasteiger partial charge >= 0.3 is 0 Å². The van der Waals surface area contributed by atoms with Gasteiger partial charge in [-0.1, -0.05) is 29.0 Å². The molecule has 0 radical (unpaired) electrons. The maximum atomic E-state index is 12.1. The molecule has 1 unspecified atom stereocenters. The summed E-state index contributed by atoms with van der Waals surface area (Å²) in [5.41, 5.74) is 4.32. The number of carbonyl (C=O) groups is 1. The number of hydrogen-bond donors (Lipinski definition) is 2. The van der Waals surface area contributed by atoms with E-state index in [9.17, 15) is 4.79 Å². The van der Waals surface area contributed by atoms with Crippen LogP contribution in [0.4, 0.5) is 0 Å². The van der Waals surface area contributed by atoms with Crippen LogP contribution in [0, 0.1) is 13.8 Å². The largest absolute Gasteiger partial charge is 0.396 e. The number of aromatic nitrogens is 3. The van der Waals surface area contributed by atoms with Crippen LogP contribution < -0.4 is 5.32 Å². The zero-order valence-corrected chi connectivity index (χ0v) is 16.2. The number of benzene rings is 1. The maximum Gasteiger partial charge on any atom is 0.273 e. The van der Waals surface area contributed by atoms with Gasteiger partial charge in [-0.15, -0.1) is 5.10 Å². The van der Waals surface area contributed by atoms with Gasteiger partial charge in [0.05, 0.1) is 12.2 Å². The molecular weight excluding hydrogens is 342 g/mol. The van der Waals surface area contributed by atoms with Crippen molar-refractivity contribution >= 4 is 5.91 Å². The Hall–Kier alpha value is -2.25. The summed E-state index contributed by atoms with van der Waals surface area (Å²) < 4.78 is 1.83. The number of aliphatic hydroxyl groups excluding tert-OH is 1. The molecule has 7 heteroatoms. The molecule has 3 rings (SSSR count). The molecule has 0 bridgehead atoms. The number of hydrogen-bond acceptors (Lipinski definition) is 5. The van der Waals surface area contributed by atoms with Gasteiger partial charge in [0.15, 0.2) is 5.69 Å². The zero-order valence-electron chi connectivity index (χ0n) is 16.2. The number of aliphatic hydroxyl groups is 1. The molecule has 1 aliphatic heterocycles. The van der Waals surface area contributed by atoms with Gasteiger partial charge < -0.3 is 10.4 Å². The maximum absolute atomic E-state index is 12.1. The van der Waals surface area contributed by atoms with E-state index in [1.165, 1.54) is 16.7 Å². The van der Waals surface area contributed by atoms with Crippen molar-refractivity contribution in [1.82, 2.24) is 25.2 Å². The fourth-order valence-electron chi connectivity index (χ4n) is 3.53. The van der Waals surface area contributed by atoms with E-state index in [-0.39, 0.29) is 18.6 Å². The van der Waals surface area contributed by atoms with Crippen LogP contribution in [0.15, 0.2) is 24.4 Å². The third-order valence-corrected chi connectivity index (χ3v) is 5.12. The van der Waals surface area contributed by atoms with E-state index in [0.717, 1.165) is 32.5 Å². The minimum atomic E-state index is -0.238. The molecule has 0 saturated carbocycles. The van der Waals surface area contributed by atoms with E-state index in [1.807, 2.05) is 4.68 Å². The Labute approximate surface area is 160 Å². The van der Waals surface area contributed by atoms with Crippen LogP contribution >= 0.6 is 0 Å². The number of aryl methyl sites for hydroxylation is 2. The number of rotatable bonds is 7. The second-order valence-corrected chi connectivity index (χ2v) is 7.38. The summed E-state index contributed by atoms with van der Waals surface area (Å²) in [6, 6.07) is 6.84. The van der Waals surface area contributed by atoms with Crippen LogP contribution in [-0.2, 0) is 6.54 Å². The standard InChI is InChI=1S/C20H29N5O2/c1-15-6-7-16(2)17(11-15)12-24-9-3-5-18(13-24)25-14-19(22-23-25)20(27)21-8-4-10-26/h6-7,11,14,18,26H,3-5,8-10,12-13H2,1-2H3,(H,21,27). The van der Waals surface area contributed by atoms with Crippen molar-refractivity contribution in [3.63, 3.8) is 0 Å². The Morgan fingerprint density at radius 1 is 1.37 bits per heavy atom. The van der Waals surface area contributed by atoms with Crippen LogP contribution in [0.25, 0.3) is 0 Å². The third kappa shape index (κ3) is 5.14. The van der Waals surface area contributed by atoms with Crippen molar-refractivity contribution in [2.75, 3.05) is 26.2 Å². The molecule has 27 heavy (non-hydrogen) atoms. The van der Waals surface area contributed by atoms with Crippen molar-refractivity contribution in [2.45, 2.75) is 45.7 Å². The first kappa shape index (κ1) is 19.5. The van der Waals surface area contributed by atoms with E-state index < -0.39 is 0 Å². The molecule has 1 amide bonds. The third-order valence-electron chi connectivity index (χ3n) is 5.12. The van der Waals surface area contributed by atoms with Gasteiger partial charge in [-0.05, 0) is 50.8 Å². The minimum absolute atomic E-state index is 0.0608. The molecule has 1 saturated heterocycles. The molecule has 1 fully saturated rings. The first-order chi connectivity index (χ1) is 13.1. The Morgan fingerprint density at radius 3 is 3.04 bits per heavy atom. The average molecular weight is 371 g/mol. The van der Waals surface area contributed by atoms with Crippen LogP contribution in [0.3, 0.4) is 0 Å². The van der Waals surface area contributed by atoms with E-state index >= 15 is 0 Å². The minimum Gasteiger partial charge on any atom is -0.396 e. The number of amides is 1. The number of nitrogens with zero attached hydrogens (tertiary/aromatic N) is 4. The Bertz CT molecular complexity index is 773. The SMILES string of the molecule is Cc1ccc(C)c(CN2CCCC(n3cc(C(=O)NCCCO)nn3)C2)c1. The summed E-state index contributed by atoms with van der Waals surface area (Å²) in [5, 5.41) is 19.8. The molecule has 1 atom stereocenters. The van der Waals surface area contributed by atoms with E-state index in [4.69, 9.17) is 5.11 Å². The highest BCUT2D eigenvalue weighted by molar-refractivity contribution is 5.91. The Kier molecular flexibility index (Phi) is 6.58. The van der Waals surface area contributed by atoms with Crippen molar-refractivity contribution in [1.29, 1.82) is 0 Å². The van der Waals surface area contributed by atoms with Gasteiger partial charge in [-0.25, -0.2) is 4.68 Å². The highest BCUT2D eigenvalue weighted by Gasteiger charge is 2.23. The van der Waals surface area contributed by atoms with E-state index in [2.05, 4.69) is 52.6 Å². The lowest BCUT2D eigenvalue weighted by molar-refractivity contribution is 0.0946. The van der Waals surface area contributed by atoms with Gasteiger partial charge in [0.1, 0.15) is 0 Å². The molecule has 0 aliphatic carbocycles. The highest BCUT2D eigenvalue weighted by Crippen LogP contribution is 2.23. The Morgan fingerprint density at radius 2 is 2.22 bits per heavy atom. The summed E-state index contributed by atoms with van der Waals surface area (Å²) in [6.07, 6.45) is 4.42. The van der Waals surface area contributed by atoms with Crippen LogP contribution in [0.5, 0.6) is 0 Å². The predicted molar refractivity (Wildman–Crippen MR) is 104 cm³/mol. The molecule has 2 N–H and O–H groups in total. The zero-order chi connectivity index (χ0) is 19.2. The lowest BCUT2D eigenvalue weighted by atomic mass is 10.0. The average Bonchev–Trinajstić information content (AvgIpc) is 3.15. The molecule has 1 aromatic carbocycles. The summed E-state index contributed by atoms with van der Waals surface area (Å²) in [5.74, 6) is -0.238. The van der Waals surface area contributed by atoms with Gasteiger partial charge in [-0.2, -0.15) is 0 Å². The summed E-state index contributed by atoms with van der Waals surface area (Å²) in [4.78, 5) is 14.5. The Balaban J connectivity index is 1.61. The molecule has 1 aliphatic rings. The predicted octanol–water partition coefficient (Wildman–Crippen LogP) is 1.84. The van der Waals surface area contributed by atoms with Crippen LogP contribution in [0.1, 0.15) is 52.5 Å². The monoisotopic (exact) mass is 371 g/mol. The molecule has 146 valence electrons. The fraction of sp³-hybridized carbons (Fsp3) is 0.550. The normalized spacial score (nSPS) is 17.8. The van der Waals surface area contributed by atoms with E-state index in [0.29, 0.717) is 18.7 Å². The topological polar surface area (TPSA) is 83.3 Å². The van der Waals surface area contributed by atoms with Gasteiger partial charge in [-0.3, -0.25) is 9.69 Å².